The first kappa shape index (κ1) is 15.0. The van der Waals surface area contributed by atoms with E-state index in [0.717, 1.165) is 28.6 Å². The molecule has 118 valence electrons. The van der Waals surface area contributed by atoms with E-state index >= 15 is 0 Å². The van der Waals surface area contributed by atoms with Gasteiger partial charge in [0.1, 0.15) is 12.4 Å². The normalized spacial score (nSPS) is 10.3. The number of methoxy groups -OCH3 is 1. The highest BCUT2D eigenvalue weighted by atomic mass is 16.5. The molecule has 0 aliphatic carbocycles. The number of imidazole rings is 1. The molecule has 0 unspecified atom stereocenters. The maximum Gasteiger partial charge on any atom is 0.161 e. The van der Waals surface area contributed by atoms with Gasteiger partial charge in [-0.2, -0.15) is 0 Å². The Bertz CT molecular complexity index is 742. The molecular formula is C18H19N3O2. The molecular weight excluding hydrogens is 290 g/mol. The van der Waals surface area contributed by atoms with Crippen molar-refractivity contribution >= 4 is 5.69 Å². The highest BCUT2D eigenvalue weighted by molar-refractivity contribution is 5.51. The fourth-order valence-corrected chi connectivity index (χ4v) is 2.29. The van der Waals surface area contributed by atoms with E-state index in [0.29, 0.717) is 13.2 Å². The Labute approximate surface area is 135 Å². The van der Waals surface area contributed by atoms with Crippen LogP contribution >= 0.6 is 0 Å². The molecule has 1 aromatic heterocycles. The molecule has 0 saturated carbocycles. The van der Waals surface area contributed by atoms with Crippen molar-refractivity contribution in [2.45, 2.75) is 13.2 Å². The van der Waals surface area contributed by atoms with Gasteiger partial charge in [0.25, 0.3) is 0 Å². The first-order valence-corrected chi connectivity index (χ1v) is 7.42. The summed E-state index contributed by atoms with van der Waals surface area (Å²) in [5.74, 6) is 2.36. The molecule has 0 amide bonds. The minimum atomic E-state index is 0.460. The lowest BCUT2D eigenvalue weighted by Crippen LogP contribution is -2.06. The van der Waals surface area contributed by atoms with Crippen LogP contribution in [0.3, 0.4) is 0 Å². The van der Waals surface area contributed by atoms with Crippen LogP contribution in [0.5, 0.6) is 11.5 Å². The quantitative estimate of drug-likeness (QED) is 0.700. The summed E-state index contributed by atoms with van der Waals surface area (Å²) in [7, 11) is 1.64. The molecule has 2 aromatic carbocycles. The number of ether oxygens (including phenoxy) is 2. The molecule has 1 heterocycles. The number of nitrogens with zero attached hydrogens (tertiary/aromatic N) is 1. The second-order valence-electron chi connectivity index (χ2n) is 4.99. The van der Waals surface area contributed by atoms with Crippen molar-refractivity contribution in [3.63, 3.8) is 0 Å². The van der Waals surface area contributed by atoms with E-state index < -0.39 is 0 Å². The highest BCUT2D eigenvalue weighted by Gasteiger charge is 2.06. The van der Waals surface area contributed by atoms with Gasteiger partial charge in [-0.15, -0.1) is 0 Å². The minimum Gasteiger partial charge on any atom is -0.493 e. The Kier molecular flexibility index (Phi) is 4.79. The first-order chi connectivity index (χ1) is 11.4. The number of rotatable bonds is 7. The lowest BCUT2D eigenvalue weighted by Gasteiger charge is -2.14. The number of anilines is 1. The van der Waals surface area contributed by atoms with Crippen molar-refractivity contribution in [2.75, 3.05) is 12.4 Å². The average molecular weight is 309 g/mol. The number of H-pyrrole nitrogens is 1. The van der Waals surface area contributed by atoms with Gasteiger partial charge < -0.3 is 19.8 Å². The minimum absolute atomic E-state index is 0.460. The van der Waals surface area contributed by atoms with Crippen molar-refractivity contribution in [1.29, 1.82) is 0 Å². The summed E-state index contributed by atoms with van der Waals surface area (Å²) in [6.45, 7) is 1.10. The van der Waals surface area contributed by atoms with E-state index in [2.05, 4.69) is 15.3 Å². The van der Waals surface area contributed by atoms with E-state index in [-0.39, 0.29) is 0 Å². The summed E-state index contributed by atoms with van der Waals surface area (Å²) in [5, 5.41) is 3.38. The van der Waals surface area contributed by atoms with E-state index in [4.69, 9.17) is 9.47 Å². The Morgan fingerprint density at radius 3 is 2.61 bits per heavy atom. The molecule has 23 heavy (non-hydrogen) atoms. The summed E-state index contributed by atoms with van der Waals surface area (Å²) in [6, 6.07) is 15.7. The van der Waals surface area contributed by atoms with Crippen LogP contribution in [0, 0.1) is 0 Å². The van der Waals surface area contributed by atoms with Crippen LogP contribution in [-0.4, -0.2) is 17.1 Å². The molecule has 0 fully saturated rings. The van der Waals surface area contributed by atoms with Crippen LogP contribution < -0.4 is 14.8 Å². The fourth-order valence-electron chi connectivity index (χ4n) is 2.29. The SMILES string of the molecule is COc1ccccc1OCc1ccccc1NCc1ncc[nH]1. The predicted octanol–water partition coefficient (Wildman–Crippen LogP) is 3.61. The van der Waals surface area contributed by atoms with E-state index in [1.165, 1.54) is 0 Å². The molecule has 0 saturated heterocycles. The standard InChI is InChI=1S/C18H19N3O2/c1-22-16-8-4-5-9-17(16)23-13-14-6-2-3-7-15(14)21-12-18-19-10-11-20-18/h2-11,21H,12-13H2,1H3,(H,19,20). The third-order valence-electron chi connectivity index (χ3n) is 3.47. The molecule has 0 bridgehead atoms. The maximum absolute atomic E-state index is 5.90. The van der Waals surface area contributed by atoms with Crippen LogP contribution in [0.15, 0.2) is 60.9 Å². The van der Waals surface area contributed by atoms with Gasteiger partial charge in [0.15, 0.2) is 11.5 Å². The van der Waals surface area contributed by atoms with Gasteiger partial charge in [0.05, 0.1) is 13.7 Å². The summed E-state index contributed by atoms with van der Waals surface area (Å²) >= 11 is 0. The van der Waals surface area contributed by atoms with Crippen LogP contribution in [0.4, 0.5) is 5.69 Å². The van der Waals surface area contributed by atoms with Gasteiger partial charge >= 0.3 is 0 Å². The molecule has 0 spiro atoms. The molecule has 0 radical (unpaired) electrons. The molecule has 0 atom stereocenters. The zero-order chi connectivity index (χ0) is 15.9. The van der Waals surface area contributed by atoms with Crippen LogP contribution in [-0.2, 0) is 13.2 Å². The highest BCUT2D eigenvalue weighted by Crippen LogP contribution is 2.27. The average Bonchev–Trinajstić information content (AvgIpc) is 3.12. The summed E-state index contributed by atoms with van der Waals surface area (Å²) in [6.07, 6.45) is 3.56. The van der Waals surface area contributed by atoms with Gasteiger partial charge in [0, 0.05) is 23.6 Å². The topological polar surface area (TPSA) is 59.2 Å². The summed E-state index contributed by atoms with van der Waals surface area (Å²) in [4.78, 5) is 7.29. The van der Waals surface area contributed by atoms with Crippen LogP contribution in [0.2, 0.25) is 0 Å². The monoisotopic (exact) mass is 309 g/mol. The largest absolute Gasteiger partial charge is 0.493 e. The van der Waals surface area contributed by atoms with Gasteiger partial charge in [-0.25, -0.2) is 4.98 Å². The van der Waals surface area contributed by atoms with Gasteiger partial charge in [-0.05, 0) is 18.2 Å². The van der Waals surface area contributed by atoms with E-state index in [1.807, 2.05) is 54.7 Å². The number of benzene rings is 2. The molecule has 5 heteroatoms. The van der Waals surface area contributed by atoms with Gasteiger partial charge in [-0.1, -0.05) is 30.3 Å². The van der Waals surface area contributed by atoms with Crippen molar-refractivity contribution in [3.05, 3.63) is 72.3 Å². The van der Waals surface area contributed by atoms with E-state index in [9.17, 15) is 0 Å². The number of nitrogens with one attached hydrogen (secondary N) is 2. The van der Waals surface area contributed by atoms with Crippen molar-refractivity contribution in [2.24, 2.45) is 0 Å². The molecule has 2 N–H and O–H groups in total. The Balaban J connectivity index is 1.68. The molecule has 0 aliphatic heterocycles. The number of hydrogen-bond donors (Lipinski definition) is 2. The lowest BCUT2D eigenvalue weighted by molar-refractivity contribution is 0.285. The number of aromatic nitrogens is 2. The first-order valence-electron chi connectivity index (χ1n) is 7.42. The smallest absolute Gasteiger partial charge is 0.161 e. The molecule has 5 nitrogen and oxygen atoms in total. The van der Waals surface area contributed by atoms with Crippen molar-refractivity contribution < 1.29 is 9.47 Å². The lowest BCUT2D eigenvalue weighted by atomic mass is 10.2. The third kappa shape index (κ3) is 3.83. The molecule has 3 rings (SSSR count). The molecule has 0 aliphatic rings. The maximum atomic E-state index is 5.90. The number of hydrogen-bond acceptors (Lipinski definition) is 4. The van der Waals surface area contributed by atoms with Gasteiger partial charge in [-0.3, -0.25) is 0 Å². The van der Waals surface area contributed by atoms with Crippen LogP contribution in [0.1, 0.15) is 11.4 Å². The zero-order valence-corrected chi connectivity index (χ0v) is 13.0. The number of para-hydroxylation sites is 3. The Hall–Kier alpha value is -2.95. The van der Waals surface area contributed by atoms with E-state index in [1.54, 1.807) is 13.3 Å². The van der Waals surface area contributed by atoms with Crippen molar-refractivity contribution in [1.82, 2.24) is 9.97 Å². The van der Waals surface area contributed by atoms with Crippen LogP contribution in [0.25, 0.3) is 0 Å². The number of aromatic amines is 1. The van der Waals surface area contributed by atoms with Crippen molar-refractivity contribution in [3.8, 4) is 11.5 Å². The summed E-state index contributed by atoms with van der Waals surface area (Å²) < 4.78 is 11.2. The summed E-state index contributed by atoms with van der Waals surface area (Å²) in [5.41, 5.74) is 2.10. The Morgan fingerprint density at radius 1 is 1.04 bits per heavy atom. The second kappa shape index (κ2) is 7.35. The fraction of sp³-hybridized carbons (Fsp3) is 0.167. The molecule has 3 aromatic rings. The predicted molar refractivity (Wildman–Crippen MR) is 89.7 cm³/mol. The zero-order valence-electron chi connectivity index (χ0n) is 13.0. The second-order valence-corrected chi connectivity index (χ2v) is 4.99. The third-order valence-corrected chi connectivity index (χ3v) is 3.47. The van der Waals surface area contributed by atoms with Gasteiger partial charge in [0.2, 0.25) is 0 Å². The Morgan fingerprint density at radius 2 is 1.83 bits per heavy atom.